The molecule has 1 rings (SSSR count). The summed E-state index contributed by atoms with van der Waals surface area (Å²) in [6, 6.07) is 5.72. The van der Waals surface area contributed by atoms with Gasteiger partial charge >= 0.3 is 7.05 Å². The van der Waals surface area contributed by atoms with E-state index in [4.69, 9.17) is 0 Å². The van der Waals surface area contributed by atoms with Crippen molar-refractivity contribution in [1.82, 2.24) is 0 Å². The van der Waals surface area contributed by atoms with Crippen molar-refractivity contribution in [3.63, 3.8) is 0 Å². The summed E-state index contributed by atoms with van der Waals surface area (Å²) >= 11 is 6.78. The van der Waals surface area contributed by atoms with Crippen LogP contribution in [-0.2, 0) is 0 Å². The predicted molar refractivity (Wildman–Crippen MR) is 82.6 cm³/mol. The molecule has 3 nitrogen and oxygen atoms in total. The van der Waals surface area contributed by atoms with Gasteiger partial charge in [0.25, 0.3) is 0 Å². The van der Waals surface area contributed by atoms with E-state index in [1.165, 1.54) is 0 Å². The Bertz CT molecular complexity index is 512. The summed E-state index contributed by atoms with van der Waals surface area (Å²) < 4.78 is 1.58. The smallest absolute Gasteiger partial charge is 0.409 e. The third-order valence-corrected chi connectivity index (χ3v) is 3.39. The van der Waals surface area contributed by atoms with Crippen LogP contribution in [0, 0.1) is 11.3 Å². The molecule has 0 saturated heterocycles. The van der Waals surface area contributed by atoms with Crippen LogP contribution in [0.4, 0.5) is 5.69 Å². The quantitative estimate of drug-likeness (QED) is 0.650. The van der Waals surface area contributed by atoms with Crippen LogP contribution < -0.4 is 4.81 Å². The van der Waals surface area contributed by atoms with Crippen molar-refractivity contribution < 1.29 is 5.02 Å². The first kappa shape index (κ1) is 15.3. The van der Waals surface area contributed by atoms with Crippen LogP contribution in [0.3, 0.4) is 0 Å². The molecule has 0 heterocycles. The van der Waals surface area contributed by atoms with Gasteiger partial charge in [-0.15, -0.1) is 0 Å². The van der Waals surface area contributed by atoms with Crippen LogP contribution in [-0.4, -0.2) is 18.6 Å². The van der Waals surface area contributed by atoms with Crippen molar-refractivity contribution in [2.45, 2.75) is 13.7 Å². The maximum atomic E-state index is 9.87. The molecule has 0 unspecified atom stereocenters. The largest absolute Gasteiger partial charge is 0.432 e. The van der Waals surface area contributed by atoms with Crippen LogP contribution >= 0.6 is 31.9 Å². The van der Waals surface area contributed by atoms with E-state index in [1.54, 1.807) is 17.7 Å². The first-order valence-corrected chi connectivity index (χ1v) is 6.93. The minimum absolute atomic E-state index is 0.493. The minimum Gasteiger partial charge on any atom is -0.432 e. The number of hydrogen-bond acceptors (Lipinski definition) is 3. The normalized spacial score (nSPS) is 9.78. The molecule has 0 spiro atoms. The van der Waals surface area contributed by atoms with Crippen LogP contribution in [0.15, 0.2) is 33.2 Å². The van der Waals surface area contributed by atoms with E-state index in [2.05, 4.69) is 44.5 Å². The van der Waals surface area contributed by atoms with Crippen molar-refractivity contribution >= 4 is 44.6 Å². The lowest BCUT2D eigenvalue weighted by atomic mass is 9.83. The summed E-state index contributed by atoms with van der Waals surface area (Å²) in [5.41, 5.74) is 2.09. The average Bonchev–Trinajstić information content (AvgIpc) is 2.25. The van der Waals surface area contributed by atoms with Crippen LogP contribution in [0.1, 0.15) is 12.5 Å². The molecule has 1 aromatic carbocycles. The topological polar surface area (TPSA) is 47.3 Å². The number of halogens is 2. The van der Waals surface area contributed by atoms with Gasteiger partial charge in [-0.1, -0.05) is 28.1 Å². The van der Waals surface area contributed by atoms with E-state index in [-0.39, 0.29) is 0 Å². The summed E-state index contributed by atoms with van der Waals surface area (Å²) in [5.74, 6) is 0. The molecule has 0 aliphatic heterocycles. The zero-order valence-corrected chi connectivity index (χ0v) is 13.4. The zero-order valence-electron chi connectivity index (χ0n) is 10.2. The molecule has 0 aliphatic carbocycles. The van der Waals surface area contributed by atoms with Gasteiger partial charge in [0.05, 0.1) is 11.3 Å². The summed E-state index contributed by atoms with van der Waals surface area (Å²) in [6.07, 6.45) is 0. The lowest BCUT2D eigenvalue weighted by Crippen LogP contribution is -2.39. The highest BCUT2D eigenvalue weighted by Gasteiger charge is 2.22. The molecule has 0 aliphatic rings. The van der Waals surface area contributed by atoms with E-state index < -0.39 is 7.05 Å². The Kier molecular flexibility index (Phi) is 5.45. The standard InChI is InChI=1S/C12H13BBr2N2O/c1-8(2)7-17(13(3)18)12-9(6-16)4-10(14)5-11(12)15/h4-5,18H,1,7H2,2-3H3. The Labute approximate surface area is 124 Å². The highest BCUT2D eigenvalue weighted by Crippen LogP contribution is 2.34. The second-order valence-electron chi connectivity index (χ2n) is 4.11. The number of benzene rings is 1. The third kappa shape index (κ3) is 3.61. The maximum Gasteiger partial charge on any atom is 0.409 e. The van der Waals surface area contributed by atoms with Crippen molar-refractivity contribution in [3.05, 3.63) is 38.8 Å². The van der Waals surface area contributed by atoms with Gasteiger partial charge in [-0.3, -0.25) is 0 Å². The van der Waals surface area contributed by atoms with Crippen LogP contribution in [0.5, 0.6) is 0 Å². The fraction of sp³-hybridized carbons (Fsp3) is 0.250. The van der Waals surface area contributed by atoms with Gasteiger partial charge in [0.15, 0.2) is 0 Å². The van der Waals surface area contributed by atoms with Gasteiger partial charge < -0.3 is 9.83 Å². The predicted octanol–water partition coefficient (Wildman–Crippen LogP) is 3.58. The molecule has 6 heteroatoms. The van der Waals surface area contributed by atoms with Crippen molar-refractivity contribution in [3.8, 4) is 6.07 Å². The molecule has 0 aromatic heterocycles. The van der Waals surface area contributed by atoms with Crippen LogP contribution in [0.2, 0.25) is 6.82 Å². The van der Waals surface area contributed by atoms with E-state index in [1.807, 2.05) is 13.0 Å². The van der Waals surface area contributed by atoms with Gasteiger partial charge in [-0.05, 0) is 41.8 Å². The molecule has 0 amide bonds. The number of hydrogen-bond donors (Lipinski definition) is 1. The first-order chi connectivity index (χ1) is 8.36. The minimum atomic E-state index is -0.703. The van der Waals surface area contributed by atoms with Crippen molar-refractivity contribution in [2.24, 2.45) is 0 Å². The molecule has 0 bridgehead atoms. The fourth-order valence-electron chi connectivity index (χ4n) is 1.63. The van der Waals surface area contributed by atoms with E-state index in [0.29, 0.717) is 17.8 Å². The van der Waals surface area contributed by atoms with Gasteiger partial charge in [-0.2, -0.15) is 5.26 Å². The third-order valence-electron chi connectivity index (χ3n) is 2.33. The second kappa shape index (κ2) is 6.42. The summed E-state index contributed by atoms with van der Waals surface area (Å²) in [5, 5.41) is 19.1. The number of nitriles is 1. The highest BCUT2D eigenvalue weighted by atomic mass is 79.9. The molecule has 94 valence electrons. The SMILES string of the molecule is C=C(C)CN(B(C)O)c1c(Br)cc(Br)cc1C#N. The molecule has 1 N–H and O–H groups in total. The second-order valence-corrected chi connectivity index (χ2v) is 5.88. The molecular formula is C12H13BBr2N2O. The molecular weight excluding hydrogens is 359 g/mol. The van der Waals surface area contributed by atoms with E-state index in [9.17, 15) is 10.3 Å². The van der Waals surface area contributed by atoms with E-state index in [0.717, 1.165) is 14.5 Å². The Morgan fingerprint density at radius 3 is 2.61 bits per heavy atom. The van der Waals surface area contributed by atoms with Gasteiger partial charge in [-0.25, -0.2) is 0 Å². The maximum absolute atomic E-state index is 9.87. The van der Waals surface area contributed by atoms with Gasteiger partial charge in [0.1, 0.15) is 6.07 Å². The molecule has 0 atom stereocenters. The lowest BCUT2D eigenvalue weighted by molar-refractivity contribution is 0.572. The molecule has 0 radical (unpaired) electrons. The van der Waals surface area contributed by atoms with Crippen LogP contribution in [0.25, 0.3) is 0 Å². The average molecular weight is 372 g/mol. The fourth-order valence-corrected chi connectivity index (χ4v) is 3.08. The monoisotopic (exact) mass is 370 g/mol. The molecule has 1 aromatic rings. The summed E-state index contributed by atoms with van der Waals surface area (Å²) in [6.45, 7) is 7.89. The van der Waals surface area contributed by atoms with Gasteiger partial charge in [0, 0.05) is 15.5 Å². The Morgan fingerprint density at radius 1 is 1.56 bits per heavy atom. The summed E-state index contributed by atoms with van der Waals surface area (Å²) in [4.78, 5) is 1.73. The Balaban J connectivity index is 3.36. The number of anilines is 1. The molecule has 0 fully saturated rings. The Hall–Kier alpha value is -0.765. The van der Waals surface area contributed by atoms with Crippen molar-refractivity contribution in [1.29, 1.82) is 5.26 Å². The molecule has 0 saturated carbocycles. The first-order valence-electron chi connectivity index (χ1n) is 5.35. The highest BCUT2D eigenvalue weighted by molar-refractivity contribution is 9.11. The van der Waals surface area contributed by atoms with Crippen molar-refractivity contribution in [2.75, 3.05) is 11.4 Å². The lowest BCUT2D eigenvalue weighted by Gasteiger charge is -2.28. The van der Waals surface area contributed by atoms with E-state index >= 15 is 0 Å². The number of rotatable bonds is 4. The zero-order chi connectivity index (χ0) is 13.9. The summed E-state index contributed by atoms with van der Waals surface area (Å²) in [7, 11) is -0.703. The van der Waals surface area contributed by atoms with Gasteiger partial charge in [0.2, 0.25) is 0 Å². The Morgan fingerprint density at radius 2 is 2.17 bits per heavy atom. The number of nitrogens with zero attached hydrogens (tertiary/aromatic N) is 2. The molecule has 18 heavy (non-hydrogen) atoms.